The summed E-state index contributed by atoms with van der Waals surface area (Å²) in [4.78, 5) is 10.6. The van der Waals surface area contributed by atoms with Crippen molar-refractivity contribution in [3.8, 4) is 11.5 Å². The predicted molar refractivity (Wildman–Crippen MR) is 56.5 cm³/mol. The molecule has 0 aliphatic carbocycles. The molecule has 0 saturated heterocycles. The Morgan fingerprint density at radius 2 is 2.06 bits per heavy atom. The topological polar surface area (TPSA) is 89.4 Å². The SMILES string of the molecule is O=C(O)c1nnc(-c2coc3ccccc23)o1. The molecule has 84 valence electrons. The molecule has 0 spiro atoms. The number of furan rings is 1. The Morgan fingerprint density at radius 1 is 1.24 bits per heavy atom. The summed E-state index contributed by atoms with van der Waals surface area (Å²) in [5, 5.41) is 16.6. The first-order valence-electron chi connectivity index (χ1n) is 4.79. The Morgan fingerprint density at radius 3 is 2.82 bits per heavy atom. The van der Waals surface area contributed by atoms with Gasteiger partial charge in [0.05, 0.1) is 5.56 Å². The summed E-state index contributed by atoms with van der Waals surface area (Å²) in [7, 11) is 0. The molecule has 0 unspecified atom stereocenters. The van der Waals surface area contributed by atoms with E-state index in [2.05, 4.69) is 10.2 Å². The molecule has 0 fully saturated rings. The maximum atomic E-state index is 10.6. The van der Waals surface area contributed by atoms with Gasteiger partial charge in [0.15, 0.2) is 0 Å². The predicted octanol–water partition coefficient (Wildman–Crippen LogP) is 2.18. The number of fused-ring (bicyclic) bond motifs is 1. The lowest BCUT2D eigenvalue weighted by Gasteiger charge is -1.89. The number of carboxylic acids is 1. The largest absolute Gasteiger partial charge is 0.474 e. The van der Waals surface area contributed by atoms with Crippen molar-refractivity contribution in [3.63, 3.8) is 0 Å². The van der Waals surface area contributed by atoms with Crippen molar-refractivity contribution < 1.29 is 18.7 Å². The third-order valence-corrected chi connectivity index (χ3v) is 2.32. The molecule has 0 atom stereocenters. The maximum Gasteiger partial charge on any atom is 0.393 e. The lowest BCUT2D eigenvalue weighted by molar-refractivity contribution is 0.0654. The van der Waals surface area contributed by atoms with Crippen molar-refractivity contribution >= 4 is 16.9 Å². The molecular weight excluding hydrogens is 224 g/mol. The van der Waals surface area contributed by atoms with Gasteiger partial charge in [-0.15, -0.1) is 10.2 Å². The molecule has 0 amide bonds. The monoisotopic (exact) mass is 230 g/mol. The van der Waals surface area contributed by atoms with Crippen molar-refractivity contribution in [2.75, 3.05) is 0 Å². The molecule has 3 aromatic rings. The van der Waals surface area contributed by atoms with E-state index >= 15 is 0 Å². The van der Waals surface area contributed by atoms with Crippen LogP contribution in [-0.4, -0.2) is 21.3 Å². The lowest BCUT2D eigenvalue weighted by atomic mass is 10.2. The number of hydrogen-bond acceptors (Lipinski definition) is 5. The summed E-state index contributed by atoms with van der Waals surface area (Å²) in [6.45, 7) is 0. The lowest BCUT2D eigenvalue weighted by Crippen LogP contribution is -1.95. The highest BCUT2D eigenvalue weighted by molar-refractivity contribution is 5.91. The third-order valence-electron chi connectivity index (χ3n) is 2.32. The van der Waals surface area contributed by atoms with Crippen molar-refractivity contribution in [1.29, 1.82) is 0 Å². The van der Waals surface area contributed by atoms with Gasteiger partial charge in [-0.2, -0.15) is 0 Å². The molecule has 0 radical (unpaired) electrons. The zero-order chi connectivity index (χ0) is 11.8. The zero-order valence-corrected chi connectivity index (χ0v) is 8.45. The summed E-state index contributed by atoms with van der Waals surface area (Å²) in [6, 6.07) is 7.31. The Bertz CT molecular complexity index is 698. The second-order valence-corrected chi connectivity index (χ2v) is 3.36. The number of benzene rings is 1. The number of nitrogens with zero attached hydrogens (tertiary/aromatic N) is 2. The Kier molecular flexibility index (Phi) is 1.94. The zero-order valence-electron chi connectivity index (χ0n) is 8.45. The first-order chi connectivity index (χ1) is 8.25. The van der Waals surface area contributed by atoms with Crippen LogP contribution in [0.3, 0.4) is 0 Å². The number of carboxylic acid groups (broad SMARTS) is 1. The fourth-order valence-corrected chi connectivity index (χ4v) is 1.56. The smallest absolute Gasteiger partial charge is 0.393 e. The van der Waals surface area contributed by atoms with Gasteiger partial charge in [0.1, 0.15) is 11.8 Å². The minimum atomic E-state index is -1.25. The molecule has 6 nitrogen and oxygen atoms in total. The second-order valence-electron chi connectivity index (χ2n) is 3.36. The summed E-state index contributed by atoms with van der Waals surface area (Å²) in [6.07, 6.45) is 1.46. The highest BCUT2D eigenvalue weighted by Gasteiger charge is 2.17. The van der Waals surface area contributed by atoms with Gasteiger partial charge in [-0.05, 0) is 6.07 Å². The van der Waals surface area contributed by atoms with Crippen LogP contribution in [0.4, 0.5) is 0 Å². The van der Waals surface area contributed by atoms with E-state index in [-0.39, 0.29) is 5.89 Å². The first kappa shape index (κ1) is 9.59. The average Bonchev–Trinajstić information content (AvgIpc) is 2.95. The van der Waals surface area contributed by atoms with E-state index in [9.17, 15) is 4.79 Å². The van der Waals surface area contributed by atoms with Crippen molar-refractivity contribution in [2.45, 2.75) is 0 Å². The minimum Gasteiger partial charge on any atom is -0.474 e. The molecule has 0 bridgehead atoms. The van der Waals surface area contributed by atoms with Crippen LogP contribution in [-0.2, 0) is 0 Å². The number of aromatic carboxylic acids is 1. The molecule has 1 aromatic carbocycles. The Hall–Kier alpha value is -2.63. The Balaban J connectivity index is 2.17. The van der Waals surface area contributed by atoms with Gasteiger partial charge in [-0.25, -0.2) is 4.79 Å². The number of aromatic nitrogens is 2. The van der Waals surface area contributed by atoms with Crippen molar-refractivity contribution in [3.05, 3.63) is 36.4 Å². The van der Waals surface area contributed by atoms with Gasteiger partial charge in [-0.1, -0.05) is 18.2 Å². The van der Waals surface area contributed by atoms with Gasteiger partial charge in [0.2, 0.25) is 0 Å². The fraction of sp³-hybridized carbons (Fsp3) is 0. The van der Waals surface area contributed by atoms with Crippen LogP contribution in [0.25, 0.3) is 22.4 Å². The Labute approximate surface area is 94.5 Å². The van der Waals surface area contributed by atoms with Crippen LogP contribution in [0.5, 0.6) is 0 Å². The van der Waals surface area contributed by atoms with Crippen LogP contribution in [0.1, 0.15) is 10.7 Å². The van der Waals surface area contributed by atoms with E-state index in [1.165, 1.54) is 6.26 Å². The minimum absolute atomic E-state index is 0.132. The van der Waals surface area contributed by atoms with Crippen molar-refractivity contribution in [1.82, 2.24) is 10.2 Å². The second kappa shape index (κ2) is 3.44. The highest BCUT2D eigenvalue weighted by atomic mass is 16.4. The molecule has 2 heterocycles. The first-order valence-corrected chi connectivity index (χ1v) is 4.79. The van der Waals surface area contributed by atoms with E-state index < -0.39 is 11.9 Å². The van der Waals surface area contributed by atoms with Gasteiger partial charge in [0.25, 0.3) is 5.89 Å². The van der Waals surface area contributed by atoms with E-state index in [0.717, 1.165) is 5.39 Å². The van der Waals surface area contributed by atoms with Crippen LogP contribution in [0, 0.1) is 0 Å². The van der Waals surface area contributed by atoms with Gasteiger partial charge in [0, 0.05) is 5.39 Å². The normalized spacial score (nSPS) is 10.8. The standard InChI is InChI=1S/C11H6N2O4/c14-11(15)10-13-12-9(17-10)7-5-16-8-4-2-1-3-6(7)8/h1-5H,(H,14,15). The van der Waals surface area contributed by atoms with Crippen molar-refractivity contribution in [2.24, 2.45) is 0 Å². The number of para-hydroxylation sites is 1. The average molecular weight is 230 g/mol. The third kappa shape index (κ3) is 1.46. The molecule has 0 aliphatic rings. The van der Waals surface area contributed by atoms with Crippen LogP contribution >= 0.6 is 0 Å². The molecule has 17 heavy (non-hydrogen) atoms. The summed E-state index contributed by atoms with van der Waals surface area (Å²) in [5.74, 6) is -1.56. The van der Waals surface area contributed by atoms with E-state index in [1.54, 1.807) is 6.07 Å². The molecule has 6 heteroatoms. The summed E-state index contributed by atoms with van der Waals surface area (Å²) >= 11 is 0. The molecule has 3 rings (SSSR count). The number of carbonyl (C=O) groups is 1. The quantitative estimate of drug-likeness (QED) is 0.725. The van der Waals surface area contributed by atoms with Gasteiger partial charge >= 0.3 is 11.9 Å². The summed E-state index contributed by atoms with van der Waals surface area (Å²) < 4.78 is 10.3. The summed E-state index contributed by atoms with van der Waals surface area (Å²) in [5.41, 5.74) is 1.26. The molecule has 1 N–H and O–H groups in total. The molecule has 0 aliphatic heterocycles. The van der Waals surface area contributed by atoms with E-state index in [1.807, 2.05) is 18.2 Å². The number of rotatable bonds is 2. The van der Waals surface area contributed by atoms with E-state index in [0.29, 0.717) is 11.1 Å². The molecule has 0 saturated carbocycles. The van der Waals surface area contributed by atoms with Gasteiger partial charge in [-0.3, -0.25) is 0 Å². The van der Waals surface area contributed by atoms with Crippen LogP contribution < -0.4 is 0 Å². The fourth-order valence-electron chi connectivity index (χ4n) is 1.56. The van der Waals surface area contributed by atoms with Gasteiger partial charge < -0.3 is 13.9 Å². The molecule has 2 aromatic heterocycles. The van der Waals surface area contributed by atoms with Crippen LogP contribution in [0.15, 0.2) is 39.4 Å². The van der Waals surface area contributed by atoms with E-state index in [4.69, 9.17) is 13.9 Å². The number of hydrogen-bond donors (Lipinski definition) is 1. The van der Waals surface area contributed by atoms with Crippen LogP contribution in [0.2, 0.25) is 0 Å². The molecular formula is C11H6N2O4. The maximum absolute atomic E-state index is 10.6. The highest BCUT2D eigenvalue weighted by Crippen LogP contribution is 2.29.